The monoisotopic (exact) mass is 431 g/mol. The Balaban J connectivity index is 1.64. The standard InChI is InChI=1S/C20H21N3O4S2/c1-26-18-9-4-15(14-19(18)27-2)20-23(12-13-28-20)29(24,25)17-7-5-16(6-8-17)22-11-3-10-21-22/h3-11,14,20H,12-13H2,1-2H3. The summed E-state index contributed by atoms with van der Waals surface area (Å²) >= 11 is 1.60. The van der Waals surface area contributed by atoms with Gasteiger partial charge in [-0.1, -0.05) is 6.07 Å². The minimum atomic E-state index is -3.65. The summed E-state index contributed by atoms with van der Waals surface area (Å²) in [6, 6.07) is 14.1. The highest BCUT2D eigenvalue weighted by atomic mass is 32.2. The molecule has 29 heavy (non-hydrogen) atoms. The van der Waals surface area contributed by atoms with Gasteiger partial charge in [0.15, 0.2) is 11.5 Å². The van der Waals surface area contributed by atoms with Gasteiger partial charge in [0.1, 0.15) is 0 Å². The third kappa shape index (κ3) is 3.73. The number of benzene rings is 2. The van der Waals surface area contributed by atoms with Gasteiger partial charge in [0.2, 0.25) is 10.0 Å². The quantitative estimate of drug-likeness (QED) is 0.596. The van der Waals surface area contributed by atoms with Gasteiger partial charge in [-0.05, 0) is 48.0 Å². The molecule has 0 amide bonds. The number of methoxy groups -OCH3 is 2. The number of thioether (sulfide) groups is 1. The second-order valence-corrected chi connectivity index (χ2v) is 9.48. The molecule has 0 N–H and O–H groups in total. The van der Waals surface area contributed by atoms with Crippen LogP contribution in [0.15, 0.2) is 65.8 Å². The third-order valence-corrected chi connectivity index (χ3v) is 8.03. The molecule has 4 rings (SSSR count). The van der Waals surface area contributed by atoms with Gasteiger partial charge in [0.25, 0.3) is 0 Å². The van der Waals surface area contributed by atoms with Crippen LogP contribution in [0.1, 0.15) is 10.9 Å². The van der Waals surface area contributed by atoms with Crippen molar-refractivity contribution in [2.24, 2.45) is 0 Å². The van der Waals surface area contributed by atoms with E-state index < -0.39 is 10.0 Å². The molecule has 1 aromatic heterocycles. The van der Waals surface area contributed by atoms with Gasteiger partial charge in [0, 0.05) is 24.7 Å². The predicted molar refractivity (Wildman–Crippen MR) is 112 cm³/mol. The molecule has 1 saturated heterocycles. The van der Waals surface area contributed by atoms with Crippen LogP contribution in [-0.2, 0) is 10.0 Å². The molecule has 0 spiro atoms. The minimum absolute atomic E-state index is 0.265. The van der Waals surface area contributed by atoms with Crippen LogP contribution in [0.3, 0.4) is 0 Å². The van der Waals surface area contributed by atoms with E-state index in [-0.39, 0.29) is 10.3 Å². The zero-order chi connectivity index (χ0) is 20.4. The maximum atomic E-state index is 13.3. The summed E-state index contributed by atoms with van der Waals surface area (Å²) in [6.07, 6.45) is 3.49. The first-order chi connectivity index (χ1) is 14.0. The Kier molecular flexibility index (Phi) is 5.53. The van der Waals surface area contributed by atoms with Crippen molar-refractivity contribution in [2.75, 3.05) is 26.5 Å². The number of hydrogen-bond acceptors (Lipinski definition) is 6. The summed E-state index contributed by atoms with van der Waals surface area (Å²) in [5.74, 6) is 1.92. The van der Waals surface area contributed by atoms with E-state index in [0.717, 1.165) is 17.0 Å². The molecule has 1 fully saturated rings. The Morgan fingerprint density at radius 3 is 2.48 bits per heavy atom. The SMILES string of the molecule is COc1ccc(C2SCCN2S(=O)(=O)c2ccc(-n3cccn3)cc2)cc1OC. The highest BCUT2D eigenvalue weighted by Gasteiger charge is 2.37. The van der Waals surface area contributed by atoms with Gasteiger partial charge in [-0.3, -0.25) is 0 Å². The number of sulfonamides is 1. The van der Waals surface area contributed by atoms with Crippen molar-refractivity contribution in [1.29, 1.82) is 0 Å². The lowest BCUT2D eigenvalue weighted by atomic mass is 10.2. The summed E-state index contributed by atoms with van der Waals surface area (Å²) < 4.78 is 40.6. The lowest BCUT2D eigenvalue weighted by Gasteiger charge is -2.24. The molecule has 7 nitrogen and oxygen atoms in total. The van der Waals surface area contributed by atoms with Crippen LogP contribution < -0.4 is 9.47 Å². The van der Waals surface area contributed by atoms with Crippen LogP contribution in [0, 0.1) is 0 Å². The molecular formula is C20H21N3O4S2. The molecule has 0 saturated carbocycles. The van der Waals surface area contributed by atoms with Crippen LogP contribution in [0.25, 0.3) is 5.69 Å². The average molecular weight is 432 g/mol. The number of ether oxygens (including phenoxy) is 2. The lowest BCUT2D eigenvalue weighted by Crippen LogP contribution is -2.30. The van der Waals surface area contributed by atoms with Gasteiger partial charge in [0.05, 0.1) is 30.2 Å². The smallest absolute Gasteiger partial charge is 0.244 e. The van der Waals surface area contributed by atoms with Gasteiger partial charge in [-0.15, -0.1) is 11.8 Å². The fourth-order valence-electron chi connectivity index (χ4n) is 3.30. The summed E-state index contributed by atoms with van der Waals surface area (Å²) in [6.45, 7) is 0.451. The number of rotatable bonds is 6. The molecule has 1 aliphatic rings. The van der Waals surface area contributed by atoms with Crippen molar-refractivity contribution in [3.63, 3.8) is 0 Å². The van der Waals surface area contributed by atoms with Crippen molar-refractivity contribution in [3.8, 4) is 17.2 Å². The molecule has 0 radical (unpaired) electrons. The predicted octanol–water partition coefficient (Wildman–Crippen LogP) is 3.33. The second-order valence-electron chi connectivity index (χ2n) is 6.40. The van der Waals surface area contributed by atoms with E-state index >= 15 is 0 Å². The molecule has 2 heterocycles. The maximum absolute atomic E-state index is 13.3. The van der Waals surface area contributed by atoms with Crippen LogP contribution >= 0.6 is 11.8 Å². The Labute approximate surface area is 174 Å². The summed E-state index contributed by atoms with van der Waals surface area (Å²) in [5, 5.41) is 3.86. The van der Waals surface area contributed by atoms with Crippen molar-refractivity contribution < 1.29 is 17.9 Å². The van der Waals surface area contributed by atoms with E-state index in [2.05, 4.69) is 5.10 Å². The molecule has 1 unspecified atom stereocenters. The van der Waals surface area contributed by atoms with Gasteiger partial charge in [-0.2, -0.15) is 9.40 Å². The first-order valence-electron chi connectivity index (χ1n) is 9.00. The molecule has 1 aliphatic heterocycles. The molecule has 9 heteroatoms. The topological polar surface area (TPSA) is 73.7 Å². The zero-order valence-corrected chi connectivity index (χ0v) is 17.7. The van der Waals surface area contributed by atoms with Crippen LogP contribution in [0.4, 0.5) is 0 Å². The van der Waals surface area contributed by atoms with Crippen molar-refractivity contribution >= 4 is 21.8 Å². The molecule has 0 bridgehead atoms. The summed E-state index contributed by atoms with van der Waals surface area (Å²) in [7, 11) is -0.503. The summed E-state index contributed by atoms with van der Waals surface area (Å²) in [5.41, 5.74) is 1.67. The fraction of sp³-hybridized carbons (Fsp3) is 0.250. The van der Waals surface area contributed by atoms with Gasteiger partial charge < -0.3 is 9.47 Å². The number of hydrogen-bond donors (Lipinski definition) is 0. The van der Waals surface area contributed by atoms with E-state index in [4.69, 9.17) is 9.47 Å². The minimum Gasteiger partial charge on any atom is -0.493 e. The number of nitrogens with zero attached hydrogens (tertiary/aromatic N) is 3. The van der Waals surface area contributed by atoms with E-state index in [9.17, 15) is 8.42 Å². The van der Waals surface area contributed by atoms with Gasteiger partial charge in [-0.25, -0.2) is 13.1 Å². The van der Waals surface area contributed by atoms with E-state index in [1.165, 1.54) is 0 Å². The number of aromatic nitrogens is 2. The molecule has 152 valence electrons. The molecule has 2 aromatic carbocycles. The molecule has 1 atom stereocenters. The van der Waals surface area contributed by atoms with E-state index in [1.807, 2.05) is 24.4 Å². The van der Waals surface area contributed by atoms with E-state index in [1.54, 1.807) is 71.5 Å². The first-order valence-corrected chi connectivity index (χ1v) is 11.5. The highest BCUT2D eigenvalue weighted by molar-refractivity contribution is 8.01. The van der Waals surface area contributed by atoms with Crippen LogP contribution in [-0.4, -0.2) is 49.0 Å². The van der Waals surface area contributed by atoms with Crippen LogP contribution in [0.2, 0.25) is 0 Å². The molecular weight excluding hydrogens is 410 g/mol. The van der Waals surface area contributed by atoms with E-state index in [0.29, 0.717) is 18.0 Å². The average Bonchev–Trinajstić information content (AvgIpc) is 3.45. The van der Waals surface area contributed by atoms with Crippen molar-refractivity contribution in [2.45, 2.75) is 10.3 Å². The highest BCUT2D eigenvalue weighted by Crippen LogP contribution is 2.43. The molecule has 3 aromatic rings. The Morgan fingerprint density at radius 2 is 1.83 bits per heavy atom. The van der Waals surface area contributed by atoms with Gasteiger partial charge >= 0.3 is 0 Å². The normalized spacial score (nSPS) is 17.4. The fourth-order valence-corrected chi connectivity index (χ4v) is 6.53. The third-order valence-electron chi connectivity index (χ3n) is 4.75. The van der Waals surface area contributed by atoms with Crippen molar-refractivity contribution in [3.05, 3.63) is 66.5 Å². The summed E-state index contributed by atoms with van der Waals surface area (Å²) in [4.78, 5) is 0.265. The largest absolute Gasteiger partial charge is 0.493 e. The zero-order valence-electron chi connectivity index (χ0n) is 16.1. The second kappa shape index (κ2) is 8.10. The van der Waals surface area contributed by atoms with Crippen LogP contribution in [0.5, 0.6) is 11.5 Å². The first kappa shape index (κ1) is 19.8. The lowest BCUT2D eigenvalue weighted by molar-refractivity contribution is 0.353. The Bertz CT molecular complexity index is 1080. The molecule has 0 aliphatic carbocycles. The Hall–Kier alpha value is -2.49. The Morgan fingerprint density at radius 1 is 1.07 bits per heavy atom. The van der Waals surface area contributed by atoms with Crippen molar-refractivity contribution in [1.82, 2.24) is 14.1 Å². The maximum Gasteiger partial charge on any atom is 0.244 e.